The fourth-order valence-electron chi connectivity index (χ4n) is 2.38. The number of nitrogens with zero attached hydrogens (tertiary/aromatic N) is 1. The largest absolute Gasteiger partial charge is 0.355 e. The van der Waals surface area contributed by atoms with E-state index in [0.29, 0.717) is 17.6 Å². The molecule has 2 aromatic carbocycles. The van der Waals surface area contributed by atoms with E-state index in [1.54, 1.807) is 0 Å². The van der Waals surface area contributed by atoms with Gasteiger partial charge < -0.3 is 15.6 Å². The summed E-state index contributed by atoms with van der Waals surface area (Å²) in [5.74, 6) is 1.40. The van der Waals surface area contributed by atoms with Crippen molar-refractivity contribution >= 4 is 34.1 Å². The Morgan fingerprint density at radius 3 is 2.57 bits per heavy atom. The molecule has 5 heteroatoms. The van der Waals surface area contributed by atoms with Gasteiger partial charge in [0.15, 0.2) is 5.11 Å². The van der Waals surface area contributed by atoms with Crippen LogP contribution in [0, 0.1) is 0 Å². The molecule has 0 unspecified atom stereocenters. The zero-order chi connectivity index (χ0) is 16.2. The van der Waals surface area contributed by atoms with Crippen molar-refractivity contribution in [1.82, 2.24) is 15.3 Å². The monoisotopic (exact) mass is 324 g/mol. The van der Waals surface area contributed by atoms with Crippen molar-refractivity contribution < 1.29 is 0 Å². The Morgan fingerprint density at radius 2 is 1.87 bits per heavy atom. The van der Waals surface area contributed by atoms with Crippen LogP contribution in [0.2, 0.25) is 0 Å². The summed E-state index contributed by atoms with van der Waals surface area (Å²) in [7, 11) is 0. The molecule has 0 bridgehead atoms. The Balaban J connectivity index is 1.56. The Kier molecular flexibility index (Phi) is 4.57. The van der Waals surface area contributed by atoms with Crippen molar-refractivity contribution in [2.45, 2.75) is 26.3 Å². The van der Waals surface area contributed by atoms with Crippen molar-refractivity contribution in [3.63, 3.8) is 0 Å². The van der Waals surface area contributed by atoms with Crippen LogP contribution in [0.5, 0.6) is 0 Å². The highest BCUT2D eigenvalue weighted by Gasteiger charge is 2.04. The maximum absolute atomic E-state index is 5.34. The van der Waals surface area contributed by atoms with E-state index in [1.165, 1.54) is 5.56 Å². The van der Waals surface area contributed by atoms with E-state index in [2.05, 4.69) is 46.6 Å². The average Bonchev–Trinajstić information content (AvgIpc) is 2.96. The Bertz CT molecular complexity index is 772. The van der Waals surface area contributed by atoms with Crippen molar-refractivity contribution in [1.29, 1.82) is 0 Å². The maximum atomic E-state index is 5.34. The second-order valence-corrected chi connectivity index (χ2v) is 6.19. The number of benzene rings is 2. The van der Waals surface area contributed by atoms with Crippen molar-refractivity contribution in [3.05, 3.63) is 59.9 Å². The second kappa shape index (κ2) is 6.79. The highest BCUT2D eigenvalue weighted by atomic mass is 32.1. The third kappa shape index (κ3) is 3.87. The fraction of sp³-hybridized carbons (Fsp3) is 0.222. The van der Waals surface area contributed by atoms with Gasteiger partial charge >= 0.3 is 0 Å². The highest BCUT2D eigenvalue weighted by Crippen LogP contribution is 2.17. The summed E-state index contributed by atoms with van der Waals surface area (Å²) in [6.45, 7) is 4.93. The first kappa shape index (κ1) is 15.5. The van der Waals surface area contributed by atoms with E-state index in [9.17, 15) is 0 Å². The Labute approximate surface area is 141 Å². The zero-order valence-corrected chi connectivity index (χ0v) is 14.1. The number of thiocarbonyl (C=S) groups is 1. The van der Waals surface area contributed by atoms with Gasteiger partial charge in [-0.3, -0.25) is 0 Å². The molecule has 1 aromatic heterocycles. The number of rotatable bonds is 4. The third-order valence-corrected chi connectivity index (χ3v) is 3.94. The Morgan fingerprint density at radius 1 is 1.13 bits per heavy atom. The lowest BCUT2D eigenvalue weighted by Crippen LogP contribution is -2.28. The number of hydrogen-bond acceptors (Lipinski definition) is 2. The molecule has 0 amide bonds. The molecule has 0 radical (unpaired) electrons. The van der Waals surface area contributed by atoms with Gasteiger partial charge in [-0.15, -0.1) is 0 Å². The number of anilines is 1. The van der Waals surface area contributed by atoms with E-state index < -0.39 is 0 Å². The highest BCUT2D eigenvalue weighted by molar-refractivity contribution is 7.80. The molecule has 0 aliphatic heterocycles. The summed E-state index contributed by atoms with van der Waals surface area (Å²) < 4.78 is 0. The van der Waals surface area contributed by atoms with Crippen LogP contribution in [0.25, 0.3) is 11.0 Å². The SMILES string of the molecule is CC(C)c1ccc(NC(=S)NCc2nc3ccccc3[nH]2)cc1. The third-order valence-electron chi connectivity index (χ3n) is 3.69. The maximum Gasteiger partial charge on any atom is 0.171 e. The van der Waals surface area contributed by atoms with E-state index in [0.717, 1.165) is 22.5 Å². The predicted octanol–water partition coefficient (Wildman–Crippen LogP) is 4.17. The van der Waals surface area contributed by atoms with Crippen LogP contribution in [0.4, 0.5) is 5.69 Å². The van der Waals surface area contributed by atoms with Gasteiger partial charge in [-0.2, -0.15) is 0 Å². The number of nitrogens with one attached hydrogen (secondary N) is 3. The second-order valence-electron chi connectivity index (χ2n) is 5.79. The standard InChI is InChI=1S/C18H20N4S/c1-12(2)13-7-9-14(10-8-13)20-18(23)19-11-17-21-15-5-3-4-6-16(15)22-17/h3-10,12H,11H2,1-2H3,(H,21,22)(H2,19,20,23). The molecule has 0 saturated heterocycles. The molecule has 3 N–H and O–H groups in total. The quantitative estimate of drug-likeness (QED) is 0.630. The molecule has 3 rings (SSSR count). The molecule has 1 heterocycles. The van der Waals surface area contributed by atoms with Crippen molar-refractivity contribution in [3.8, 4) is 0 Å². The van der Waals surface area contributed by atoms with Crippen molar-refractivity contribution in [2.24, 2.45) is 0 Å². The minimum atomic E-state index is 0.530. The van der Waals surface area contributed by atoms with E-state index in [-0.39, 0.29) is 0 Å². The summed E-state index contributed by atoms with van der Waals surface area (Å²) in [6, 6.07) is 16.3. The molecular formula is C18H20N4S. The van der Waals surface area contributed by atoms with Crippen LogP contribution in [0.1, 0.15) is 31.2 Å². The first-order valence-corrected chi connectivity index (χ1v) is 8.11. The summed E-state index contributed by atoms with van der Waals surface area (Å²) in [6.07, 6.45) is 0. The Hall–Kier alpha value is -2.40. The van der Waals surface area contributed by atoms with Gasteiger partial charge in [0.1, 0.15) is 5.82 Å². The number of aromatic nitrogens is 2. The van der Waals surface area contributed by atoms with Crippen LogP contribution in [-0.2, 0) is 6.54 Å². The molecule has 3 aromatic rings. The van der Waals surface area contributed by atoms with Crippen LogP contribution in [0.15, 0.2) is 48.5 Å². The van der Waals surface area contributed by atoms with Gasteiger partial charge in [-0.05, 0) is 48.0 Å². The molecule has 23 heavy (non-hydrogen) atoms. The van der Waals surface area contributed by atoms with Crippen LogP contribution in [-0.4, -0.2) is 15.1 Å². The molecule has 0 fully saturated rings. The first-order chi connectivity index (χ1) is 11.1. The zero-order valence-electron chi connectivity index (χ0n) is 13.3. The van der Waals surface area contributed by atoms with Crippen molar-refractivity contribution in [2.75, 3.05) is 5.32 Å². The van der Waals surface area contributed by atoms with E-state index in [4.69, 9.17) is 12.2 Å². The normalized spacial score (nSPS) is 10.9. The minimum absolute atomic E-state index is 0.530. The molecule has 0 atom stereocenters. The molecule has 0 aliphatic rings. The minimum Gasteiger partial charge on any atom is -0.355 e. The van der Waals surface area contributed by atoms with E-state index in [1.807, 2.05) is 36.4 Å². The topological polar surface area (TPSA) is 52.7 Å². The van der Waals surface area contributed by atoms with Crippen LogP contribution < -0.4 is 10.6 Å². The molecule has 118 valence electrons. The smallest absolute Gasteiger partial charge is 0.171 e. The van der Waals surface area contributed by atoms with Gasteiger partial charge in [0.2, 0.25) is 0 Å². The molecule has 0 aliphatic carbocycles. The molecule has 4 nitrogen and oxygen atoms in total. The van der Waals surface area contributed by atoms with Gasteiger partial charge in [-0.25, -0.2) is 4.98 Å². The first-order valence-electron chi connectivity index (χ1n) is 7.70. The summed E-state index contributed by atoms with van der Waals surface area (Å²) in [5.41, 5.74) is 4.30. The van der Waals surface area contributed by atoms with E-state index >= 15 is 0 Å². The summed E-state index contributed by atoms with van der Waals surface area (Å²) in [5, 5.41) is 6.95. The number of fused-ring (bicyclic) bond motifs is 1. The van der Waals surface area contributed by atoms with Gasteiger partial charge in [0.25, 0.3) is 0 Å². The molecular weight excluding hydrogens is 304 g/mol. The lowest BCUT2D eigenvalue weighted by Gasteiger charge is -2.11. The molecule has 0 spiro atoms. The van der Waals surface area contributed by atoms with Gasteiger partial charge in [0.05, 0.1) is 17.6 Å². The predicted molar refractivity (Wildman–Crippen MR) is 99.7 cm³/mol. The van der Waals surface area contributed by atoms with Gasteiger partial charge in [0, 0.05) is 5.69 Å². The number of para-hydroxylation sites is 2. The summed E-state index contributed by atoms with van der Waals surface area (Å²) in [4.78, 5) is 7.79. The summed E-state index contributed by atoms with van der Waals surface area (Å²) >= 11 is 5.34. The van der Waals surface area contributed by atoms with Crippen LogP contribution >= 0.6 is 12.2 Å². The van der Waals surface area contributed by atoms with Gasteiger partial charge in [-0.1, -0.05) is 38.1 Å². The number of imidazole rings is 1. The lowest BCUT2D eigenvalue weighted by atomic mass is 10.0. The lowest BCUT2D eigenvalue weighted by molar-refractivity contribution is 0.858. The number of hydrogen-bond donors (Lipinski definition) is 3. The fourth-order valence-corrected chi connectivity index (χ4v) is 2.57. The number of H-pyrrole nitrogens is 1. The van der Waals surface area contributed by atoms with Crippen LogP contribution in [0.3, 0.4) is 0 Å². The number of aromatic amines is 1. The average molecular weight is 324 g/mol. The molecule has 0 saturated carbocycles.